The van der Waals surface area contributed by atoms with Crippen LogP contribution in [-0.2, 0) is 0 Å². The van der Waals surface area contributed by atoms with Gasteiger partial charge in [0.25, 0.3) is 5.91 Å². The van der Waals surface area contributed by atoms with Crippen LogP contribution in [0, 0.1) is 5.82 Å². The fourth-order valence-corrected chi connectivity index (χ4v) is 1.30. The molecule has 1 aromatic rings. The van der Waals surface area contributed by atoms with Crippen LogP contribution in [-0.4, -0.2) is 35.6 Å². The van der Waals surface area contributed by atoms with Crippen LogP contribution in [0.15, 0.2) is 24.3 Å². The molecule has 0 aromatic heterocycles. The fourth-order valence-electron chi connectivity index (χ4n) is 1.30. The Labute approximate surface area is 88.1 Å². The molecule has 0 spiro atoms. The Hall–Kier alpha value is -1.42. The third-order valence-corrected chi connectivity index (χ3v) is 2.13. The number of carbonyl (C=O) groups is 1. The first kappa shape index (κ1) is 11.7. The summed E-state index contributed by atoms with van der Waals surface area (Å²) >= 11 is 0. The third-order valence-electron chi connectivity index (χ3n) is 2.13. The molecule has 0 unspecified atom stereocenters. The van der Waals surface area contributed by atoms with E-state index in [9.17, 15) is 9.18 Å². The van der Waals surface area contributed by atoms with Crippen molar-refractivity contribution in [3.05, 3.63) is 35.6 Å². The first-order valence-corrected chi connectivity index (χ1v) is 4.84. The Morgan fingerprint density at radius 2 is 2.00 bits per heavy atom. The molecule has 1 N–H and O–H groups in total. The number of amides is 1. The molecule has 4 heteroatoms. The minimum Gasteiger partial charge on any atom is -0.395 e. The molecule has 82 valence electrons. The van der Waals surface area contributed by atoms with E-state index in [4.69, 9.17) is 5.11 Å². The highest BCUT2D eigenvalue weighted by Gasteiger charge is 2.12. The number of likely N-dealkylation sites (N-methyl/N-ethyl adjacent to an activating group) is 1. The summed E-state index contributed by atoms with van der Waals surface area (Å²) in [6, 6.07) is 5.38. The number of nitrogens with zero attached hydrogens (tertiary/aromatic N) is 1. The van der Waals surface area contributed by atoms with Crippen molar-refractivity contribution in [2.24, 2.45) is 0 Å². The molecule has 0 atom stereocenters. The zero-order valence-corrected chi connectivity index (χ0v) is 8.61. The number of halogens is 1. The molecule has 0 radical (unpaired) electrons. The molecule has 15 heavy (non-hydrogen) atoms. The Morgan fingerprint density at radius 1 is 1.40 bits per heavy atom. The highest BCUT2D eigenvalue weighted by Crippen LogP contribution is 2.06. The molecule has 0 bridgehead atoms. The average Bonchev–Trinajstić information content (AvgIpc) is 2.26. The van der Waals surface area contributed by atoms with Crippen LogP contribution >= 0.6 is 0 Å². The van der Waals surface area contributed by atoms with Crippen molar-refractivity contribution in [1.82, 2.24) is 4.90 Å². The molecular weight excluding hydrogens is 197 g/mol. The molecule has 1 rings (SSSR count). The van der Waals surface area contributed by atoms with E-state index < -0.39 is 0 Å². The van der Waals surface area contributed by atoms with Gasteiger partial charge in [-0.3, -0.25) is 4.79 Å². The Bertz CT molecular complexity index is 324. The zero-order valence-electron chi connectivity index (χ0n) is 8.61. The van der Waals surface area contributed by atoms with Crippen LogP contribution in [0.2, 0.25) is 0 Å². The first-order chi connectivity index (χ1) is 7.19. The molecule has 1 aromatic carbocycles. The predicted octanol–water partition coefficient (Wildman–Crippen LogP) is 1.28. The van der Waals surface area contributed by atoms with Gasteiger partial charge in [0.15, 0.2) is 0 Å². The van der Waals surface area contributed by atoms with Crippen LogP contribution in [0.1, 0.15) is 17.3 Å². The van der Waals surface area contributed by atoms with Crippen LogP contribution in [0.5, 0.6) is 0 Å². The summed E-state index contributed by atoms with van der Waals surface area (Å²) in [7, 11) is 0. The topological polar surface area (TPSA) is 40.5 Å². The Kier molecular flexibility index (Phi) is 4.24. The van der Waals surface area contributed by atoms with E-state index in [1.165, 1.54) is 29.2 Å². The van der Waals surface area contributed by atoms with Gasteiger partial charge in [0.2, 0.25) is 0 Å². The maximum atomic E-state index is 12.6. The zero-order chi connectivity index (χ0) is 11.3. The molecular formula is C11H14FNO2. The van der Waals surface area contributed by atoms with Gasteiger partial charge in [-0.15, -0.1) is 0 Å². The monoisotopic (exact) mass is 211 g/mol. The summed E-state index contributed by atoms with van der Waals surface area (Å²) in [5.41, 5.74) is 0.437. The molecule has 0 aliphatic heterocycles. The van der Waals surface area contributed by atoms with Gasteiger partial charge in [-0.1, -0.05) is 0 Å². The molecule has 3 nitrogen and oxygen atoms in total. The van der Waals surface area contributed by atoms with Gasteiger partial charge >= 0.3 is 0 Å². The van der Waals surface area contributed by atoms with Crippen molar-refractivity contribution in [1.29, 1.82) is 0 Å². The standard InChI is InChI=1S/C11H14FNO2/c1-2-13(7-8-14)11(15)9-3-5-10(12)6-4-9/h3-6,14H,2,7-8H2,1H3. The molecule has 0 heterocycles. The van der Waals surface area contributed by atoms with Gasteiger partial charge in [0.1, 0.15) is 5.82 Å². The minimum absolute atomic E-state index is 0.0687. The second-order valence-corrected chi connectivity index (χ2v) is 3.12. The van der Waals surface area contributed by atoms with Crippen molar-refractivity contribution in [3.8, 4) is 0 Å². The van der Waals surface area contributed by atoms with Crippen molar-refractivity contribution in [3.63, 3.8) is 0 Å². The van der Waals surface area contributed by atoms with Crippen molar-refractivity contribution in [2.75, 3.05) is 19.7 Å². The predicted molar refractivity (Wildman–Crippen MR) is 55.1 cm³/mol. The largest absolute Gasteiger partial charge is 0.395 e. The number of aliphatic hydroxyl groups is 1. The van der Waals surface area contributed by atoms with Crippen LogP contribution in [0.4, 0.5) is 4.39 Å². The number of benzene rings is 1. The van der Waals surface area contributed by atoms with Gasteiger partial charge < -0.3 is 10.0 Å². The van der Waals surface area contributed by atoms with E-state index in [1.807, 2.05) is 6.92 Å². The molecule has 0 saturated heterocycles. The molecule has 0 aliphatic rings. The van der Waals surface area contributed by atoms with Crippen LogP contribution in [0.3, 0.4) is 0 Å². The molecule has 1 amide bonds. The molecule has 0 fully saturated rings. The lowest BCUT2D eigenvalue weighted by Crippen LogP contribution is -2.33. The van der Waals surface area contributed by atoms with Crippen LogP contribution < -0.4 is 0 Å². The smallest absolute Gasteiger partial charge is 0.253 e. The second kappa shape index (κ2) is 5.46. The summed E-state index contributed by atoms with van der Waals surface area (Å²) < 4.78 is 12.6. The van der Waals surface area contributed by atoms with Crippen molar-refractivity contribution >= 4 is 5.91 Å². The van der Waals surface area contributed by atoms with E-state index in [-0.39, 0.29) is 18.3 Å². The number of hydrogen-bond donors (Lipinski definition) is 1. The minimum atomic E-state index is -0.364. The summed E-state index contributed by atoms with van der Waals surface area (Å²) in [4.78, 5) is 13.3. The molecule has 0 saturated carbocycles. The Morgan fingerprint density at radius 3 is 2.47 bits per heavy atom. The normalized spacial score (nSPS) is 10.1. The average molecular weight is 211 g/mol. The van der Waals surface area contributed by atoms with Gasteiger partial charge in [-0.05, 0) is 31.2 Å². The summed E-state index contributed by atoms with van der Waals surface area (Å²) in [6.07, 6.45) is 0. The van der Waals surface area contributed by atoms with Gasteiger partial charge in [0, 0.05) is 18.7 Å². The number of carbonyl (C=O) groups excluding carboxylic acids is 1. The maximum absolute atomic E-state index is 12.6. The van der Waals surface area contributed by atoms with Gasteiger partial charge in [0.05, 0.1) is 6.61 Å². The van der Waals surface area contributed by atoms with Crippen molar-refractivity contribution < 1.29 is 14.3 Å². The number of hydrogen-bond acceptors (Lipinski definition) is 2. The fraction of sp³-hybridized carbons (Fsp3) is 0.364. The first-order valence-electron chi connectivity index (χ1n) is 4.84. The lowest BCUT2D eigenvalue weighted by Gasteiger charge is -2.19. The third kappa shape index (κ3) is 3.02. The maximum Gasteiger partial charge on any atom is 0.253 e. The second-order valence-electron chi connectivity index (χ2n) is 3.12. The SMILES string of the molecule is CCN(CCO)C(=O)c1ccc(F)cc1. The van der Waals surface area contributed by atoms with E-state index in [0.29, 0.717) is 18.7 Å². The highest BCUT2D eigenvalue weighted by atomic mass is 19.1. The van der Waals surface area contributed by atoms with Crippen molar-refractivity contribution in [2.45, 2.75) is 6.92 Å². The summed E-state index contributed by atoms with van der Waals surface area (Å²) in [5, 5.41) is 8.75. The van der Waals surface area contributed by atoms with E-state index in [0.717, 1.165) is 0 Å². The van der Waals surface area contributed by atoms with Gasteiger partial charge in [-0.25, -0.2) is 4.39 Å². The van der Waals surface area contributed by atoms with Crippen LogP contribution in [0.25, 0.3) is 0 Å². The number of rotatable bonds is 4. The van der Waals surface area contributed by atoms with Gasteiger partial charge in [-0.2, -0.15) is 0 Å². The summed E-state index contributed by atoms with van der Waals surface area (Å²) in [5.74, 6) is -0.552. The molecule has 0 aliphatic carbocycles. The highest BCUT2D eigenvalue weighted by molar-refractivity contribution is 5.94. The van der Waals surface area contributed by atoms with E-state index in [1.54, 1.807) is 0 Å². The lowest BCUT2D eigenvalue weighted by molar-refractivity contribution is 0.0732. The van der Waals surface area contributed by atoms with E-state index >= 15 is 0 Å². The number of aliphatic hydroxyl groups excluding tert-OH is 1. The Balaban J connectivity index is 2.78. The quantitative estimate of drug-likeness (QED) is 0.815. The van der Waals surface area contributed by atoms with E-state index in [2.05, 4.69) is 0 Å². The lowest BCUT2D eigenvalue weighted by atomic mass is 10.2. The summed E-state index contributed by atoms with van der Waals surface area (Å²) in [6.45, 7) is 2.58.